The van der Waals surface area contributed by atoms with Crippen LogP contribution >= 0.6 is 0 Å². The third kappa shape index (κ3) is 2.43. The molecule has 1 aliphatic rings. The number of fused-ring (bicyclic) bond motifs is 1. The van der Waals surface area contributed by atoms with E-state index in [0.717, 1.165) is 32.0 Å². The van der Waals surface area contributed by atoms with Gasteiger partial charge in [0.2, 0.25) is 0 Å². The lowest BCUT2D eigenvalue weighted by molar-refractivity contribution is 0.586. The third-order valence-corrected chi connectivity index (χ3v) is 3.85. The summed E-state index contributed by atoms with van der Waals surface area (Å²) in [6, 6.07) is 8.86. The maximum atomic E-state index is 4.63. The first-order chi connectivity index (χ1) is 9.25. The molecular weight excluding hydrogens is 234 g/mol. The van der Waals surface area contributed by atoms with Gasteiger partial charge in [-0.1, -0.05) is 26.0 Å². The molecule has 0 aliphatic carbocycles. The third-order valence-electron chi connectivity index (χ3n) is 3.85. The largest absolute Gasteiger partial charge is 0.354 e. The van der Waals surface area contributed by atoms with Crippen molar-refractivity contribution in [3.05, 3.63) is 36.0 Å². The lowest BCUT2D eigenvalue weighted by Crippen LogP contribution is -2.43. The molecule has 2 heterocycles. The van der Waals surface area contributed by atoms with E-state index in [2.05, 4.69) is 53.3 Å². The van der Waals surface area contributed by atoms with Crippen LogP contribution < -0.4 is 10.2 Å². The summed E-state index contributed by atoms with van der Waals surface area (Å²) in [5.74, 6) is 1.70. The summed E-state index contributed by atoms with van der Waals surface area (Å²) in [7, 11) is 0. The normalized spacial score (nSPS) is 16.3. The van der Waals surface area contributed by atoms with Crippen molar-refractivity contribution in [1.82, 2.24) is 10.3 Å². The van der Waals surface area contributed by atoms with Crippen LogP contribution in [0.5, 0.6) is 0 Å². The van der Waals surface area contributed by atoms with Gasteiger partial charge in [0.15, 0.2) is 0 Å². The van der Waals surface area contributed by atoms with Gasteiger partial charge in [-0.05, 0) is 29.0 Å². The van der Waals surface area contributed by atoms with Gasteiger partial charge < -0.3 is 10.2 Å². The Kier molecular flexibility index (Phi) is 3.38. The van der Waals surface area contributed by atoms with Crippen molar-refractivity contribution < 1.29 is 0 Å². The molecule has 0 bridgehead atoms. The summed E-state index contributed by atoms with van der Waals surface area (Å²) < 4.78 is 0. The highest BCUT2D eigenvalue weighted by molar-refractivity contribution is 5.92. The molecule has 0 atom stereocenters. The standard InChI is InChI=1S/C16H21N3/c1-12(2)14-4-3-13-5-6-18-16(15(13)11-14)19-9-7-17-8-10-19/h3-6,11-12,17H,7-10H2,1-2H3. The maximum absolute atomic E-state index is 4.63. The molecule has 19 heavy (non-hydrogen) atoms. The fourth-order valence-electron chi connectivity index (χ4n) is 2.66. The van der Waals surface area contributed by atoms with Gasteiger partial charge in [0, 0.05) is 37.8 Å². The van der Waals surface area contributed by atoms with E-state index in [9.17, 15) is 0 Å². The number of rotatable bonds is 2. The number of aromatic nitrogens is 1. The van der Waals surface area contributed by atoms with Crippen molar-refractivity contribution in [2.45, 2.75) is 19.8 Å². The minimum Gasteiger partial charge on any atom is -0.354 e. The molecular formula is C16H21N3. The van der Waals surface area contributed by atoms with Crippen LogP contribution in [0, 0.1) is 0 Å². The number of nitrogens with zero attached hydrogens (tertiary/aromatic N) is 2. The van der Waals surface area contributed by atoms with Crippen molar-refractivity contribution in [3.8, 4) is 0 Å². The summed E-state index contributed by atoms with van der Waals surface area (Å²) in [6.45, 7) is 8.64. The first-order valence-corrected chi connectivity index (χ1v) is 7.10. The molecule has 0 radical (unpaired) electrons. The molecule has 0 unspecified atom stereocenters. The number of nitrogens with one attached hydrogen (secondary N) is 1. The van der Waals surface area contributed by atoms with E-state index in [-0.39, 0.29) is 0 Å². The Morgan fingerprint density at radius 2 is 1.95 bits per heavy atom. The quantitative estimate of drug-likeness (QED) is 0.894. The second-order valence-electron chi connectivity index (χ2n) is 5.51. The zero-order valence-electron chi connectivity index (χ0n) is 11.7. The number of hydrogen-bond acceptors (Lipinski definition) is 3. The molecule has 3 heteroatoms. The van der Waals surface area contributed by atoms with Crippen molar-refractivity contribution >= 4 is 16.6 Å². The molecule has 1 fully saturated rings. The van der Waals surface area contributed by atoms with Gasteiger partial charge in [-0.3, -0.25) is 0 Å². The summed E-state index contributed by atoms with van der Waals surface area (Å²) >= 11 is 0. The Hall–Kier alpha value is -1.61. The molecule has 1 aromatic carbocycles. The number of benzene rings is 1. The minimum atomic E-state index is 0.556. The zero-order chi connectivity index (χ0) is 13.2. The fraction of sp³-hybridized carbons (Fsp3) is 0.438. The average molecular weight is 255 g/mol. The van der Waals surface area contributed by atoms with Gasteiger partial charge in [-0.2, -0.15) is 0 Å². The summed E-state index contributed by atoms with van der Waals surface area (Å²) in [6.07, 6.45) is 1.93. The van der Waals surface area contributed by atoms with E-state index in [1.165, 1.54) is 16.3 Å². The zero-order valence-corrected chi connectivity index (χ0v) is 11.7. The maximum Gasteiger partial charge on any atom is 0.136 e. The average Bonchev–Trinajstić information content (AvgIpc) is 2.47. The van der Waals surface area contributed by atoms with Crippen molar-refractivity contribution in [2.24, 2.45) is 0 Å². The number of hydrogen-bond donors (Lipinski definition) is 1. The lowest BCUT2D eigenvalue weighted by atomic mass is 9.99. The highest BCUT2D eigenvalue weighted by atomic mass is 15.2. The van der Waals surface area contributed by atoms with E-state index in [1.807, 2.05) is 6.20 Å². The summed E-state index contributed by atoms with van der Waals surface area (Å²) in [5.41, 5.74) is 1.39. The Labute approximate surface area is 114 Å². The predicted molar refractivity (Wildman–Crippen MR) is 80.9 cm³/mol. The molecule has 0 amide bonds. The van der Waals surface area contributed by atoms with E-state index < -0.39 is 0 Å². The van der Waals surface area contributed by atoms with Gasteiger partial charge in [0.25, 0.3) is 0 Å². The van der Waals surface area contributed by atoms with Gasteiger partial charge >= 0.3 is 0 Å². The molecule has 1 aliphatic heterocycles. The molecule has 3 nitrogen and oxygen atoms in total. The van der Waals surface area contributed by atoms with Crippen molar-refractivity contribution in [2.75, 3.05) is 31.1 Å². The number of anilines is 1. The smallest absolute Gasteiger partial charge is 0.136 e. The van der Waals surface area contributed by atoms with Gasteiger partial charge in [0.1, 0.15) is 5.82 Å². The second-order valence-corrected chi connectivity index (χ2v) is 5.51. The van der Waals surface area contributed by atoms with E-state index in [4.69, 9.17) is 0 Å². The van der Waals surface area contributed by atoms with Gasteiger partial charge in [-0.25, -0.2) is 4.98 Å². The van der Waals surface area contributed by atoms with Crippen LogP contribution in [-0.2, 0) is 0 Å². The number of pyridine rings is 1. The Balaban J connectivity index is 2.09. The summed E-state index contributed by atoms with van der Waals surface area (Å²) in [5, 5.41) is 5.97. The topological polar surface area (TPSA) is 28.2 Å². The van der Waals surface area contributed by atoms with Crippen LogP contribution in [0.15, 0.2) is 30.5 Å². The van der Waals surface area contributed by atoms with E-state index in [1.54, 1.807) is 0 Å². The van der Waals surface area contributed by atoms with Crippen molar-refractivity contribution in [3.63, 3.8) is 0 Å². The van der Waals surface area contributed by atoms with Crippen LogP contribution in [-0.4, -0.2) is 31.2 Å². The monoisotopic (exact) mass is 255 g/mol. The molecule has 1 saturated heterocycles. The second kappa shape index (κ2) is 5.17. The number of piperazine rings is 1. The SMILES string of the molecule is CC(C)c1ccc2ccnc(N3CCNCC3)c2c1. The van der Waals surface area contributed by atoms with Crippen LogP contribution in [0.2, 0.25) is 0 Å². The van der Waals surface area contributed by atoms with Crippen LogP contribution in [0.1, 0.15) is 25.3 Å². The van der Waals surface area contributed by atoms with E-state index >= 15 is 0 Å². The molecule has 0 saturated carbocycles. The van der Waals surface area contributed by atoms with Crippen molar-refractivity contribution in [1.29, 1.82) is 0 Å². The fourth-order valence-corrected chi connectivity index (χ4v) is 2.66. The molecule has 3 rings (SSSR count). The van der Waals surface area contributed by atoms with Crippen LogP contribution in [0.3, 0.4) is 0 Å². The van der Waals surface area contributed by atoms with Gasteiger partial charge in [0.05, 0.1) is 0 Å². The van der Waals surface area contributed by atoms with Crippen LogP contribution in [0.4, 0.5) is 5.82 Å². The Bertz CT molecular complexity index is 571. The van der Waals surface area contributed by atoms with E-state index in [0.29, 0.717) is 5.92 Å². The predicted octanol–water partition coefficient (Wildman–Crippen LogP) is 2.77. The molecule has 1 N–H and O–H groups in total. The lowest BCUT2D eigenvalue weighted by Gasteiger charge is -2.29. The minimum absolute atomic E-state index is 0.556. The highest BCUT2D eigenvalue weighted by Crippen LogP contribution is 2.28. The first kappa shape index (κ1) is 12.4. The highest BCUT2D eigenvalue weighted by Gasteiger charge is 2.14. The molecule has 2 aromatic rings. The Morgan fingerprint density at radius 1 is 1.16 bits per heavy atom. The molecule has 0 spiro atoms. The summed E-state index contributed by atoms with van der Waals surface area (Å²) in [4.78, 5) is 7.02. The van der Waals surface area contributed by atoms with Crippen LogP contribution in [0.25, 0.3) is 10.8 Å². The molecule has 100 valence electrons. The molecule has 1 aromatic heterocycles. The van der Waals surface area contributed by atoms with Gasteiger partial charge in [-0.15, -0.1) is 0 Å². The first-order valence-electron chi connectivity index (χ1n) is 7.10. The Morgan fingerprint density at radius 3 is 2.68 bits per heavy atom.